The summed E-state index contributed by atoms with van der Waals surface area (Å²) in [6, 6.07) is 10.4. The van der Waals surface area contributed by atoms with Gasteiger partial charge in [-0.25, -0.2) is 9.59 Å². The van der Waals surface area contributed by atoms with E-state index in [1.54, 1.807) is 0 Å². The van der Waals surface area contributed by atoms with Crippen molar-refractivity contribution in [1.29, 1.82) is 0 Å². The van der Waals surface area contributed by atoms with E-state index in [1.165, 1.54) is 25.7 Å². The molecule has 0 radical (unpaired) electrons. The molecular formula is C21H28N2O6. The average molecular weight is 404 g/mol. The number of aliphatic carboxylic acids is 2. The third kappa shape index (κ3) is 5.69. The summed E-state index contributed by atoms with van der Waals surface area (Å²) in [4.78, 5) is 35.1. The average Bonchev–Trinajstić information content (AvgIpc) is 3.37. The lowest BCUT2D eigenvalue weighted by Gasteiger charge is -2.41. The second kappa shape index (κ2) is 9.73. The molecule has 3 atom stereocenters. The first-order valence-corrected chi connectivity index (χ1v) is 10.1. The van der Waals surface area contributed by atoms with Gasteiger partial charge in [-0.15, -0.1) is 0 Å². The molecule has 1 heterocycles. The smallest absolute Gasteiger partial charge is 0.414 e. The number of carbonyl (C=O) groups excluding carboxylic acids is 1. The summed E-state index contributed by atoms with van der Waals surface area (Å²) in [6.45, 7) is 3.92. The monoisotopic (exact) mass is 404 g/mol. The van der Waals surface area contributed by atoms with Gasteiger partial charge in [-0.2, -0.15) is 0 Å². The maximum absolute atomic E-state index is 12.3. The van der Waals surface area contributed by atoms with Crippen molar-refractivity contribution in [1.82, 2.24) is 9.80 Å². The minimum Gasteiger partial charge on any atom is -0.484 e. The molecule has 29 heavy (non-hydrogen) atoms. The van der Waals surface area contributed by atoms with Gasteiger partial charge in [0.25, 0.3) is 5.91 Å². The van der Waals surface area contributed by atoms with Crippen LogP contribution in [0.2, 0.25) is 0 Å². The fraction of sp³-hybridized carbons (Fsp3) is 0.571. The van der Waals surface area contributed by atoms with Crippen molar-refractivity contribution in [2.45, 2.75) is 31.7 Å². The molecule has 158 valence electrons. The van der Waals surface area contributed by atoms with Crippen LogP contribution in [0.25, 0.3) is 0 Å². The zero-order valence-corrected chi connectivity index (χ0v) is 16.4. The lowest BCUT2D eigenvalue weighted by Crippen LogP contribution is -2.53. The van der Waals surface area contributed by atoms with Gasteiger partial charge in [0, 0.05) is 32.2 Å². The van der Waals surface area contributed by atoms with E-state index in [4.69, 9.17) is 24.5 Å². The van der Waals surface area contributed by atoms with Crippen molar-refractivity contribution >= 4 is 17.8 Å². The normalized spacial score (nSPS) is 25.8. The van der Waals surface area contributed by atoms with Gasteiger partial charge in [0.05, 0.1) is 0 Å². The number of nitrogens with zero attached hydrogens (tertiary/aromatic N) is 2. The summed E-state index contributed by atoms with van der Waals surface area (Å²) in [5.41, 5.74) is 0. The number of rotatable bonds is 4. The van der Waals surface area contributed by atoms with Crippen LogP contribution in [0.5, 0.6) is 5.75 Å². The molecule has 2 bridgehead atoms. The Morgan fingerprint density at radius 3 is 2.10 bits per heavy atom. The van der Waals surface area contributed by atoms with E-state index in [2.05, 4.69) is 4.90 Å². The van der Waals surface area contributed by atoms with Crippen LogP contribution in [-0.4, -0.2) is 76.7 Å². The zero-order valence-electron chi connectivity index (χ0n) is 16.4. The van der Waals surface area contributed by atoms with Gasteiger partial charge in [-0.05, 0) is 43.2 Å². The standard InChI is InChI=1S/C19H26N2O2.C2H2O4/c22-19(14-23-17-4-2-1-3-5-17)21-10-8-20(9-11-21)18-13-15-6-7-16(18)12-15;3-1(4)2(5)6/h1-5,15-16,18H,6-14H2;(H,3,4)(H,5,6). The number of carbonyl (C=O) groups is 3. The van der Waals surface area contributed by atoms with E-state index in [0.717, 1.165) is 49.8 Å². The van der Waals surface area contributed by atoms with Crippen molar-refractivity contribution in [3.63, 3.8) is 0 Å². The van der Waals surface area contributed by atoms with Crippen LogP contribution in [0, 0.1) is 11.8 Å². The molecule has 3 fully saturated rings. The van der Waals surface area contributed by atoms with Crippen molar-refractivity contribution in [3.8, 4) is 5.75 Å². The Bertz CT molecular complexity index is 705. The topological polar surface area (TPSA) is 107 Å². The van der Waals surface area contributed by atoms with Crippen LogP contribution >= 0.6 is 0 Å². The number of amides is 1. The minimum atomic E-state index is -1.82. The first kappa shape index (κ1) is 21.1. The molecule has 1 aromatic carbocycles. The van der Waals surface area contributed by atoms with Crippen molar-refractivity contribution in [2.24, 2.45) is 11.8 Å². The number of fused-ring (bicyclic) bond motifs is 2. The van der Waals surface area contributed by atoms with E-state index in [0.29, 0.717) is 0 Å². The van der Waals surface area contributed by atoms with E-state index in [1.807, 2.05) is 35.2 Å². The van der Waals surface area contributed by atoms with E-state index < -0.39 is 11.9 Å². The highest BCUT2D eigenvalue weighted by Gasteiger charge is 2.42. The Morgan fingerprint density at radius 1 is 0.931 bits per heavy atom. The van der Waals surface area contributed by atoms with Crippen LogP contribution in [0.15, 0.2) is 30.3 Å². The van der Waals surface area contributed by atoms with Crippen molar-refractivity contribution in [2.75, 3.05) is 32.8 Å². The Labute approximate surface area is 170 Å². The van der Waals surface area contributed by atoms with Crippen LogP contribution in [0.4, 0.5) is 0 Å². The second-order valence-corrected chi connectivity index (χ2v) is 7.87. The van der Waals surface area contributed by atoms with Crippen LogP contribution in [0.1, 0.15) is 25.7 Å². The van der Waals surface area contributed by atoms with Crippen LogP contribution in [-0.2, 0) is 14.4 Å². The Hall–Kier alpha value is -2.61. The number of benzene rings is 1. The predicted molar refractivity (Wildman–Crippen MR) is 105 cm³/mol. The van der Waals surface area contributed by atoms with Gasteiger partial charge in [-0.3, -0.25) is 9.69 Å². The third-order valence-corrected chi connectivity index (χ3v) is 6.13. The number of carboxylic acid groups (broad SMARTS) is 2. The van der Waals surface area contributed by atoms with Crippen LogP contribution in [0.3, 0.4) is 0 Å². The molecule has 0 aromatic heterocycles. The number of hydrogen-bond donors (Lipinski definition) is 2. The fourth-order valence-electron chi connectivity index (χ4n) is 4.71. The van der Waals surface area contributed by atoms with E-state index in [-0.39, 0.29) is 12.5 Å². The van der Waals surface area contributed by atoms with E-state index in [9.17, 15) is 4.79 Å². The molecule has 3 unspecified atom stereocenters. The molecular weight excluding hydrogens is 376 g/mol. The Morgan fingerprint density at radius 2 is 1.59 bits per heavy atom. The number of piperazine rings is 1. The molecule has 2 aliphatic carbocycles. The predicted octanol–water partition coefficient (Wildman–Crippen LogP) is 1.55. The highest BCUT2D eigenvalue weighted by molar-refractivity contribution is 6.27. The summed E-state index contributed by atoms with van der Waals surface area (Å²) >= 11 is 0. The quantitative estimate of drug-likeness (QED) is 0.733. The molecule has 0 spiro atoms. The number of para-hydroxylation sites is 1. The highest BCUT2D eigenvalue weighted by atomic mass is 16.5. The van der Waals surface area contributed by atoms with E-state index >= 15 is 0 Å². The lowest BCUT2D eigenvalue weighted by atomic mass is 9.93. The maximum Gasteiger partial charge on any atom is 0.414 e. The SMILES string of the molecule is O=C(COc1ccccc1)N1CCN(C2CC3CCC2C3)CC1.O=C(O)C(=O)O. The summed E-state index contributed by atoms with van der Waals surface area (Å²) < 4.78 is 5.58. The minimum absolute atomic E-state index is 0.112. The highest BCUT2D eigenvalue weighted by Crippen LogP contribution is 2.46. The number of ether oxygens (including phenoxy) is 1. The van der Waals surface area contributed by atoms with Crippen molar-refractivity contribution < 1.29 is 29.3 Å². The van der Waals surface area contributed by atoms with Gasteiger partial charge in [0.2, 0.25) is 0 Å². The zero-order chi connectivity index (χ0) is 20.8. The molecule has 1 amide bonds. The summed E-state index contributed by atoms with van der Waals surface area (Å²) in [5, 5.41) is 14.8. The van der Waals surface area contributed by atoms with Gasteiger partial charge in [-0.1, -0.05) is 24.6 Å². The molecule has 1 aromatic rings. The van der Waals surface area contributed by atoms with Gasteiger partial charge in [0.1, 0.15) is 5.75 Å². The van der Waals surface area contributed by atoms with Gasteiger partial charge >= 0.3 is 11.9 Å². The Balaban J connectivity index is 0.000000353. The molecule has 8 heteroatoms. The van der Waals surface area contributed by atoms with Gasteiger partial charge in [0.15, 0.2) is 6.61 Å². The third-order valence-electron chi connectivity index (χ3n) is 6.13. The van der Waals surface area contributed by atoms with Gasteiger partial charge < -0.3 is 19.8 Å². The largest absolute Gasteiger partial charge is 0.484 e. The molecule has 4 rings (SSSR count). The Kier molecular flexibility index (Phi) is 7.09. The summed E-state index contributed by atoms with van der Waals surface area (Å²) in [6.07, 6.45) is 5.74. The first-order valence-electron chi connectivity index (χ1n) is 10.1. The van der Waals surface area contributed by atoms with Crippen LogP contribution < -0.4 is 4.74 Å². The molecule has 1 aliphatic heterocycles. The molecule has 2 N–H and O–H groups in total. The molecule has 1 saturated heterocycles. The van der Waals surface area contributed by atoms with Crippen molar-refractivity contribution in [3.05, 3.63) is 30.3 Å². The first-order chi connectivity index (χ1) is 13.9. The fourth-order valence-corrected chi connectivity index (χ4v) is 4.71. The lowest BCUT2D eigenvalue weighted by molar-refractivity contribution is -0.159. The molecule has 2 saturated carbocycles. The number of hydrogen-bond acceptors (Lipinski definition) is 5. The summed E-state index contributed by atoms with van der Waals surface area (Å²) in [5.74, 6) is -0.847. The maximum atomic E-state index is 12.3. The number of carboxylic acids is 2. The molecule has 8 nitrogen and oxygen atoms in total. The molecule has 3 aliphatic rings. The second-order valence-electron chi connectivity index (χ2n) is 7.87. The summed E-state index contributed by atoms with van der Waals surface area (Å²) in [7, 11) is 0.